The van der Waals surface area contributed by atoms with E-state index in [9.17, 15) is 4.57 Å². The molecule has 41 heavy (non-hydrogen) atoms. The van der Waals surface area contributed by atoms with Crippen LogP contribution in [0.15, 0.2) is 12.7 Å². The third kappa shape index (κ3) is 16.0. The van der Waals surface area contributed by atoms with Gasteiger partial charge in [0.05, 0.1) is 32.8 Å². The van der Waals surface area contributed by atoms with Gasteiger partial charge in [0.15, 0.2) is 11.5 Å². The van der Waals surface area contributed by atoms with Crippen molar-refractivity contribution in [3.05, 3.63) is 12.7 Å². The number of rotatable bonds is 28. The fraction of sp³-hybridized carbons (Fsp3) is 0.833. The summed E-state index contributed by atoms with van der Waals surface area (Å²) in [6, 6.07) is 0. The van der Waals surface area contributed by atoms with E-state index in [1.165, 1.54) is 103 Å². The number of hydrogen-bond acceptors (Lipinski definition) is 9. The smallest absolute Gasteiger partial charge is 0.356 e. The summed E-state index contributed by atoms with van der Waals surface area (Å²) in [6.45, 7) is 6.41. The maximum absolute atomic E-state index is 12.9. The molecule has 0 aliphatic rings. The Hall–Kier alpha value is -1.58. The van der Waals surface area contributed by atoms with Crippen molar-refractivity contribution >= 4 is 24.6 Å². The Morgan fingerprint density at radius 2 is 1.32 bits per heavy atom. The lowest BCUT2D eigenvalue weighted by atomic mass is 10.0. The van der Waals surface area contributed by atoms with Crippen molar-refractivity contribution < 1.29 is 23.1 Å². The van der Waals surface area contributed by atoms with Gasteiger partial charge in [-0.05, 0) is 13.3 Å². The fourth-order valence-corrected chi connectivity index (χ4v) is 6.12. The Kier molecular flexibility index (Phi) is 19.9. The van der Waals surface area contributed by atoms with E-state index < -0.39 is 7.60 Å². The number of fused-ring (bicyclic) bond motifs is 1. The van der Waals surface area contributed by atoms with Crippen LogP contribution in [0.1, 0.15) is 117 Å². The van der Waals surface area contributed by atoms with E-state index in [0.717, 1.165) is 6.42 Å². The molecule has 0 fully saturated rings. The van der Waals surface area contributed by atoms with Crippen LogP contribution in [0.4, 0.5) is 5.82 Å². The molecule has 10 nitrogen and oxygen atoms in total. The zero-order valence-electron chi connectivity index (χ0n) is 25.8. The summed E-state index contributed by atoms with van der Waals surface area (Å²) in [5, 5.41) is 0. The van der Waals surface area contributed by atoms with Crippen LogP contribution < -0.4 is 5.73 Å². The first-order chi connectivity index (χ1) is 20.1. The number of ether oxygens (including phenoxy) is 2. The molecule has 1 unspecified atom stereocenters. The third-order valence-electron chi connectivity index (χ3n) is 7.14. The van der Waals surface area contributed by atoms with E-state index >= 15 is 0 Å². The number of imidazole rings is 1. The number of anilines is 1. The monoisotopic (exact) mass is 597 g/mol. The fourth-order valence-electron chi connectivity index (χ4n) is 4.80. The molecule has 0 aliphatic heterocycles. The third-order valence-corrected chi connectivity index (χ3v) is 8.87. The lowest BCUT2D eigenvalue weighted by molar-refractivity contribution is 0.0779. The number of aromatic nitrogens is 4. The largest absolute Gasteiger partial charge is 0.382 e. The zero-order chi connectivity index (χ0) is 29.4. The molecule has 2 rings (SSSR count). The molecular formula is C30H56N5O5P. The minimum atomic E-state index is -3.35. The van der Waals surface area contributed by atoms with Crippen LogP contribution in [0, 0.1) is 0 Å². The van der Waals surface area contributed by atoms with Crippen LogP contribution in [0.25, 0.3) is 11.2 Å². The van der Waals surface area contributed by atoms with Crippen LogP contribution in [-0.4, -0.2) is 58.9 Å². The first kappa shape index (κ1) is 35.6. The van der Waals surface area contributed by atoms with Gasteiger partial charge in [-0.2, -0.15) is 0 Å². The molecule has 2 heterocycles. The normalized spacial score (nSPS) is 13.2. The van der Waals surface area contributed by atoms with Crippen molar-refractivity contribution in [1.82, 2.24) is 19.5 Å². The highest BCUT2D eigenvalue weighted by Gasteiger charge is 2.24. The maximum atomic E-state index is 12.9. The van der Waals surface area contributed by atoms with E-state index in [0.29, 0.717) is 43.3 Å². The van der Waals surface area contributed by atoms with E-state index in [2.05, 4.69) is 21.9 Å². The van der Waals surface area contributed by atoms with Gasteiger partial charge in [-0.3, -0.25) is 4.57 Å². The summed E-state index contributed by atoms with van der Waals surface area (Å²) in [5.41, 5.74) is 7.00. The van der Waals surface area contributed by atoms with Crippen LogP contribution in [0.5, 0.6) is 0 Å². The zero-order valence-corrected chi connectivity index (χ0v) is 26.7. The second-order valence-corrected chi connectivity index (χ2v) is 12.7. The topological polar surface area (TPSA) is 124 Å². The number of hydrogen-bond donors (Lipinski definition) is 1. The van der Waals surface area contributed by atoms with Crippen molar-refractivity contribution in [2.45, 2.75) is 123 Å². The van der Waals surface area contributed by atoms with Gasteiger partial charge < -0.3 is 28.8 Å². The van der Waals surface area contributed by atoms with Gasteiger partial charge in [0, 0.05) is 13.2 Å². The molecule has 0 saturated heterocycles. The van der Waals surface area contributed by atoms with E-state index in [1.54, 1.807) is 13.3 Å². The minimum Gasteiger partial charge on any atom is -0.382 e. The maximum Gasteiger partial charge on any atom is 0.356 e. The Balaban J connectivity index is 1.40. The molecule has 0 aliphatic carbocycles. The molecule has 0 radical (unpaired) electrons. The summed E-state index contributed by atoms with van der Waals surface area (Å²) in [5.74, 6) is 0.334. The van der Waals surface area contributed by atoms with Crippen molar-refractivity contribution in [3.63, 3.8) is 0 Å². The van der Waals surface area contributed by atoms with Crippen LogP contribution >= 0.6 is 7.60 Å². The van der Waals surface area contributed by atoms with Crippen LogP contribution in [-0.2, 0) is 29.6 Å². The Morgan fingerprint density at radius 3 is 1.93 bits per heavy atom. The Labute approximate surface area is 248 Å². The lowest BCUT2D eigenvalue weighted by Crippen LogP contribution is -2.11. The van der Waals surface area contributed by atoms with E-state index in [-0.39, 0.29) is 19.6 Å². The first-order valence-corrected chi connectivity index (χ1v) is 17.8. The number of nitrogens with two attached hydrogens (primary N) is 1. The van der Waals surface area contributed by atoms with E-state index in [4.69, 9.17) is 24.3 Å². The lowest BCUT2D eigenvalue weighted by Gasteiger charge is -2.18. The second kappa shape index (κ2) is 22.9. The number of nitrogen functional groups attached to an aromatic ring is 1. The molecular weight excluding hydrogens is 541 g/mol. The van der Waals surface area contributed by atoms with Gasteiger partial charge in [0.25, 0.3) is 0 Å². The van der Waals surface area contributed by atoms with Crippen LogP contribution in [0.2, 0.25) is 0 Å². The molecule has 2 aromatic heterocycles. The van der Waals surface area contributed by atoms with Gasteiger partial charge in [-0.1, -0.05) is 103 Å². The number of nitrogens with zero attached hydrogens (tertiary/aromatic N) is 4. The van der Waals surface area contributed by atoms with Gasteiger partial charge >= 0.3 is 7.60 Å². The summed E-state index contributed by atoms with van der Waals surface area (Å²) in [4.78, 5) is 12.4. The van der Waals surface area contributed by atoms with Gasteiger partial charge in [-0.15, -0.1) is 0 Å². The Bertz CT molecular complexity index is 960. The first-order valence-electron chi connectivity index (χ1n) is 16.0. The van der Waals surface area contributed by atoms with E-state index in [1.807, 2.05) is 4.57 Å². The predicted octanol–water partition coefficient (Wildman–Crippen LogP) is 7.91. The summed E-state index contributed by atoms with van der Waals surface area (Å²) >= 11 is 0. The highest BCUT2D eigenvalue weighted by molar-refractivity contribution is 7.53. The summed E-state index contributed by atoms with van der Waals surface area (Å²) in [7, 11) is -3.35. The van der Waals surface area contributed by atoms with Crippen LogP contribution in [0.3, 0.4) is 0 Å². The predicted molar refractivity (Wildman–Crippen MR) is 166 cm³/mol. The van der Waals surface area contributed by atoms with Crippen molar-refractivity contribution in [2.75, 3.05) is 45.1 Å². The van der Waals surface area contributed by atoms with Crippen molar-refractivity contribution in [3.8, 4) is 0 Å². The summed E-state index contributed by atoms with van der Waals surface area (Å²) in [6.07, 6.45) is 24.5. The minimum absolute atomic E-state index is 0.121. The molecule has 0 spiro atoms. The van der Waals surface area contributed by atoms with Crippen molar-refractivity contribution in [1.29, 1.82) is 0 Å². The average molecular weight is 598 g/mol. The SMILES string of the molecule is CCCCCCCCCCCCCCCCCCOCCOP(=O)(COCCn1cnc2c(N)ncnc21)OCC. The molecule has 0 saturated carbocycles. The molecule has 11 heteroatoms. The standard InChI is InChI=1S/C30H56N5O5P/c1-3-5-6-7-8-9-10-11-12-13-14-15-16-17-18-19-21-37-23-24-40-41(36,39-4-2)27-38-22-20-35-26-34-28-29(31)32-25-33-30(28)35/h25-26H,3-24,27H2,1-2H3,(H2,31,32,33). The van der Waals surface area contributed by atoms with Crippen molar-refractivity contribution in [2.24, 2.45) is 0 Å². The van der Waals surface area contributed by atoms with Gasteiger partial charge in [0.2, 0.25) is 0 Å². The molecule has 0 aromatic carbocycles. The second-order valence-electron chi connectivity index (χ2n) is 10.7. The summed E-state index contributed by atoms with van der Waals surface area (Å²) < 4.78 is 37.0. The molecule has 2 N–H and O–H groups in total. The highest BCUT2D eigenvalue weighted by Crippen LogP contribution is 2.47. The molecule has 1 atom stereocenters. The molecule has 0 amide bonds. The Morgan fingerprint density at radius 1 is 0.707 bits per heavy atom. The highest BCUT2D eigenvalue weighted by atomic mass is 31.2. The number of unbranched alkanes of at least 4 members (excludes halogenated alkanes) is 15. The van der Waals surface area contributed by atoms with Gasteiger partial charge in [-0.25, -0.2) is 15.0 Å². The average Bonchev–Trinajstić information content (AvgIpc) is 3.39. The molecule has 236 valence electrons. The molecule has 2 aromatic rings. The quantitative estimate of drug-likeness (QED) is 0.0769. The molecule has 0 bridgehead atoms. The van der Waals surface area contributed by atoms with Gasteiger partial charge in [0.1, 0.15) is 18.2 Å².